The topological polar surface area (TPSA) is 55.1 Å². The molecule has 5 heteroatoms. The van der Waals surface area contributed by atoms with Gasteiger partial charge in [0.2, 0.25) is 0 Å². The lowest BCUT2D eigenvalue weighted by atomic mass is 9.93. The first kappa shape index (κ1) is 12.6. The van der Waals surface area contributed by atoms with Gasteiger partial charge in [0.15, 0.2) is 0 Å². The second-order valence-electron chi connectivity index (χ2n) is 5.34. The van der Waals surface area contributed by atoms with Crippen LogP contribution in [0.2, 0.25) is 0 Å². The number of rotatable bonds is 2. The number of thiophene rings is 1. The summed E-state index contributed by atoms with van der Waals surface area (Å²) in [6, 6.07) is 7.64. The lowest BCUT2D eigenvalue weighted by Crippen LogP contribution is -2.16. The Morgan fingerprint density at radius 3 is 3.14 bits per heavy atom. The van der Waals surface area contributed by atoms with Crippen molar-refractivity contribution in [2.75, 3.05) is 0 Å². The number of hydrogen-bond acceptors (Lipinski definition) is 3. The molecule has 0 spiro atoms. The quantitative estimate of drug-likeness (QED) is 0.784. The summed E-state index contributed by atoms with van der Waals surface area (Å²) in [4.78, 5) is 17.3. The standard InChI is InChI=1S/C16H14N2O2S/c19-16(20)11-3-1-4-12-15(11)18(9-17-12)13-5-2-6-14-10(13)7-8-21-14/h1,3-4,7-9,13H,2,5-6H2,(H,19,20). The molecule has 2 heterocycles. The monoisotopic (exact) mass is 298 g/mol. The van der Waals surface area contributed by atoms with Crippen LogP contribution in [0.3, 0.4) is 0 Å². The molecule has 0 saturated carbocycles. The first-order valence-corrected chi connectivity index (χ1v) is 7.89. The van der Waals surface area contributed by atoms with E-state index in [-0.39, 0.29) is 6.04 Å². The summed E-state index contributed by atoms with van der Waals surface area (Å²) >= 11 is 1.79. The van der Waals surface area contributed by atoms with Crippen LogP contribution < -0.4 is 0 Å². The summed E-state index contributed by atoms with van der Waals surface area (Å²) in [5.41, 5.74) is 3.13. The maximum atomic E-state index is 11.5. The van der Waals surface area contributed by atoms with Crippen LogP contribution in [-0.2, 0) is 6.42 Å². The maximum absolute atomic E-state index is 11.5. The Labute approximate surface area is 125 Å². The van der Waals surface area contributed by atoms with Crippen molar-refractivity contribution in [3.63, 3.8) is 0 Å². The fraction of sp³-hybridized carbons (Fsp3) is 0.250. The molecular formula is C16H14N2O2S. The highest BCUT2D eigenvalue weighted by Crippen LogP contribution is 2.37. The van der Waals surface area contributed by atoms with Crippen molar-refractivity contribution in [2.24, 2.45) is 0 Å². The van der Waals surface area contributed by atoms with E-state index in [9.17, 15) is 9.90 Å². The summed E-state index contributed by atoms with van der Waals surface area (Å²) in [5, 5.41) is 11.6. The zero-order chi connectivity index (χ0) is 14.4. The van der Waals surface area contributed by atoms with Crippen molar-refractivity contribution in [3.05, 3.63) is 52.0 Å². The van der Waals surface area contributed by atoms with E-state index in [4.69, 9.17) is 0 Å². The number of imidazole rings is 1. The van der Waals surface area contributed by atoms with Gasteiger partial charge in [0.05, 0.1) is 29.0 Å². The molecule has 2 aromatic heterocycles. The van der Waals surface area contributed by atoms with Crippen molar-refractivity contribution < 1.29 is 9.90 Å². The van der Waals surface area contributed by atoms with Crippen molar-refractivity contribution in [1.82, 2.24) is 9.55 Å². The predicted molar refractivity (Wildman–Crippen MR) is 82.1 cm³/mol. The second-order valence-corrected chi connectivity index (χ2v) is 6.34. The predicted octanol–water partition coefficient (Wildman–Crippen LogP) is 3.72. The van der Waals surface area contributed by atoms with Crippen LogP contribution in [0.4, 0.5) is 0 Å². The molecule has 4 rings (SSSR count). The minimum atomic E-state index is -0.899. The average molecular weight is 298 g/mol. The van der Waals surface area contributed by atoms with Gasteiger partial charge in [-0.05, 0) is 48.4 Å². The van der Waals surface area contributed by atoms with Gasteiger partial charge in [-0.2, -0.15) is 0 Å². The Morgan fingerprint density at radius 2 is 2.29 bits per heavy atom. The van der Waals surface area contributed by atoms with Crippen LogP contribution in [-0.4, -0.2) is 20.6 Å². The molecule has 1 aliphatic carbocycles. The van der Waals surface area contributed by atoms with Gasteiger partial charge in [-0.25, -0.2) is 9.78 Å². The van der Waals surface area contributed by atoms with E-state index in [1.807, 2.05) is 10.6 Å². The largest absolute Gasteiger partial charge is 0.478 e. The highest BCUT2D eigenvalue weighted by Gasteiger charge is 2.25. The van der Waals surface area contributed by atoms with Crippen LogP contribution in [0.1, 0.15) is 39.7 Å². The number of aryl methyl sites for hydroxylation is 1. The molecule has 0 fully saturated rings. The van der Waals surface area contributed by atoms with Crippen molar-refractivity contribution >= 4 is 28.3 Å². The average Bonchev–Trinajstić information content (AvgIpc) is 3.12. The van der Waals surface area contributed by atoms with Gasteiger partial charge in [0, 0.05) is 4.88 Å². The van der Waals surface area contributed by atoms with E-state index in [1.165, 1.54) is 10.4 Å². The lowest BCUT2D eigenvalue weighted by Gasteiger charge is -2.24. The summed E-state index contributed by atoms with van der Waals surface area (Å²) in [6.45, 7) is 0. The van der Waals surface area contributed by atoms with Crippen molar-refractivity contribution in [2.45, 2.75) is 25.3 Å². The molecule has 0 bridgehead atoms. The van der Waals surface area contributed by atoms with Gasteiger partial charge < -0.3 is 9.67 Å². The fourth-order valence-corrected chi connectivity index (χ4v) is 4.23. The molecule has 0 aliphatic heterocycles. The number of benzene rings is 1. The van der Waals surface area contributed by atoms with E-state index in [2.05, 4.69) is 16.4 Å². The zero-order valence-corrected chi connectivity index (χ0v) is 12.1. The number of fused-ring (bicyclic) bond motifs is 2. The highest BCUT2D eigenvalue weighted by atomic mass is 32.1. The first-order chi connectivity index (χ1) is 10.3. The SMILES string of the molecule is O=C(O)c1cccc2ncn(C3CCCc4sccc43)c12. The van der Waals surface area contributed by atoms with E-state index >= 15 is 0 Å². The molecule has 0 radical (unpaired) electrons. The van der Waals surface area contributed by atoms with Crippen molar-refractivity contribution in [3.8, 4) is 0 Å². The number of carboxylic acid groups (broad SMARTS) is 1. The Kier molecular flexibility index (Phi) is 2.82. The van der Waals surface area contributed by atoms with Gasteiger partial charge in [0.25, 0.3) is 0 Å². The molecule has 0 amide bonds. The first-order valence-electron chi connectivity index (χ1n) is 7.01. The summed E-state index contributed by atoms with van der Waals surface area (Å²) in [6.07, 6.45) is 5.08. The van der Waals surface area contributed by atoms with Crippen LogP contribution in [0.15, 0.2) is 36.0 Å². The number of carboxylic acids is 1. The van der Waals surface area contributed by atoms with E-state index in [1.54, 1.807) is 29.8 Å². The Bertz CT molecular complexity index is 834. The van der Waals surface area contributed by atoms with E-state index in [0.29, 0.717) is 5.56 Å². The second kappa shape index (κ2) is 4.70. The van der Waals surface area contributed by atoms with Gasteiger partial charge in [-0.15, -0.1) is 11.3 Å². The lowest BCUT2D eigenvalue weighted by molar-refractivity contribution is 0.0698. The van der Waals surface area contributed by atoms with Crippen LogP contribution >= 0.6 is 11.3 Å². The molecule has 21 heavy (non-hydrogen) atoms. The minimum Gasteiger partial charge on any atom is -0.478 e. The molecule has 1 unspecified atom stereocenters. The highest BCUT2D eigenvalue weighted by molar-refractivity contribution is 7.10. The Morgan fingerprint density at radius 1 is 1.38 bits per heavy atom. The number of hydrogen-bond donors (Lipinski definition) is 1. The molecule has 106 valence electrons. The molecular weight excluding hydrogens is 284 g/mol. The van der Waals surface area contributed by atoms with Crippen LogP contribution in [0, 0.1) is 0 Å². The van der Waals surface area contributed by atoms with E-state index in [0.717, 1.165) is 30.3 Å². The Balaban J connectivity index is 1.95. The van der Waals surface area contributed by atoms with Gasteiger partial charge in [0.1, 0.15) is 0 Å². The molecule has 1 N–H and O–H groups in total. The number of para-hydroxylation sites is 1. The third-order valence-electron chi connectivity index (χ3n) is 4.18. The summed E-state index contributed by atoms with van der Waals surface area (Å²) < 4.78 is 2.05. The smallest absolute Gasteiger partial charge is 0.337 e. The van der Waals surface area contributed by atoms with Crippen LogP contribution in [0.5, 0.6) is 0 Å². The summed E-state index contributed by atoms with van der Waals surface area (Å²) in [5.74, 6) is -0.899. The summed E-state index contributed by atoms with van der Waals surface area (Å²) in [7, 11) is 0. The minimum absolute atomic E-state index is 0.200. The van der Waals surface area contributed by atoms with E-state index < -0.39 is 5.97 Å². The zero-order valence-electron chi connectivity index (χ0n) is 11.3. The molecule has 1 aromatic carbocycles. The molecule has 1 aliphatic rings. The van der Waals surface area contributed by atoms with Crippen molar-refractivity contribution in [1.29, 1.82) is 0 Å². The van der Waals surface area contributed by atoms with Crippen LogP contribution in [0.25, 0.3) is 11.0 Å². The maximum Gasteiger partial charge on any atom is 0.337 e. The molecule has 4 nitrogen and oxygen atoms in total. The molecule has 3 aromatic rings. The number of aromatic carboxylic acids is 1. The van der Waals surface area contributed by atoms with Gasteiger partial charge >= 0.3 is 5.97 Å². The normalized spacial score (nSPS) is 17.8. The fourth-order valence-electron chi connectivity index (χ4n) is 3.25. The molecule has 0 saturated heterocycles. The third-order valence-corrected chi connectivity index (χ3v) is 5.18. The molecule has 1 atom stereocenters. The van der Waals surface area contributed by atoms with Gasteiger partial charge in [-0.3, -0.25) is 0 Å². The number of nitrogens with zero attached hydrogens (tertiary/aromatic N) is 2. The number of aromatic nitrogens is 2. The third kappa shape index (κ3) is 1.88. The Hall–Kier alpha value is -2.14. The van der Waals surface area contributed by atoms with Gasteiger partial charge in [-0.1, -0.05) is 6.07 Å². The number of carbonyl (C=O) groups is 1.